The van der Waals surface area contributed by atoms with Gasteiger partial charge in [0, 0.05) is 9.77 Å². The van der Waals surface area contributed by atoms with Gasteiger partial charge in [-0.3, -0.25) is 4.98 Å². The number of alkyl halides is 3. The summed E-state index contributed by atoms with van der Waals surface area (Å²) in [5, 5.41) is 0. The highest BCUT2D eigenvalue weighted by molar-refractivity contribution is 14.1. The molecular weight excluding hydrogens is 354 g/mol. The van der Waals surface area contributed by atoms with Crippen LogP contribution in [0.2, 0.25) is 0 Å². The van der Waals surface area contributed by atoms with Gasteiger partial charge in [-0.1, -0.05) is 0 Å². The predicted molar refractivity (Wildman–Crippen MR) is 62.8 cm³/mol. The molecule has 0 spiro atoms. The van der Waals surface area contributed by atoms with Gasteiger partial charge in [0.1, 0.15) is 0 Å². The monoisotopic (exact) mass is 361 g/mol. The van der Waals surface area contributed by atoms with E-state index in [0.29, 0.717) is 0 Å². The Balaban J connectivity index is 3.37. The van der Waals surface area contributed by atoms with E-state index in [2.05, 4.69) is 9.72 Å². The molecule has 88 valence electrons. The Kier molecular flexibility index (Phi) is 4.85. The molecule has 0 N–H and O–H groups in total. The molecular formula is C9H7ClF2INO2. The highest BCUT2D eigenvalue weighted by atomic mass is 127. The van der Waals surface area contributed by atoms with E-state index in [1.807, 2.05) is 0 Å². The van der Waals surface area contributed by atoms with Crippen molar-refractivity contribution in [3.05, 3.63) is 26.6 Å². The second kappa shape index (κ2) is 5.72. The first-order valence-corrected chi connectivity index (χ1v) is 5.74. The van der Waals surface area contributed by atoms with Gasteiger partial charge in [0.15, 0.2) is 0 Å². The lowest BCUT2D eigenvalue weighted by Crippen LogP contribution is -2.10. The van der Waals surface area contributed by atoms with Gasteiger partial charge in [-0.2, -0.15) is 0 Å². The zero-order valence-electron chi connectivity index (χ0n) is 8.14. The third-order valence-corrected chi connectivity index (χ3v) is 3.30. The molecule has 16 heavy (non-hydrogen) atoms. The number of carbonyl (C=O) groups is 1. The minimum Gasteiger partial charge on any atom is -0.465 e. The first kappa shape index (κ1) is 13.6. The van der Waals surface area contributed by atoms with Crippen molar-refractivity contribution in [3.63, 3.8) is 0 Å². The lowest BCUT2D eigenvalue weighted by Gasteiger charge is -2.10. The largest absolute Gasteiger partial charge is 0.465 e. The highest BCUT2D eigenvalue weighted by Crippen LogP contribution is 2.30. The van der Waals surface area contributed by atoms with Crippen molar-refractivity contribution in [3.8, 4) is 0 Å². The van der Waals surface area contributed by atoms with Gasteiger partial charge in [0.05, 0.1) is 29.8 Å². The third-order valence-electron chi connectivity index (χ3n) is 1.88. The fourth-order valence-corrected chi connectivity index (χ4v) is 2.24. The van der Waals surface area contributed by atoms with Crippen molar-refractivity contribution in [1.29, 1.82) is 0 Å². The summed E-state index contributed by atoms with van der Waals surface area (Å²) in [6.45, 7) is 0. The lowest BCUT2D eigenvalue weighted by atomic mass is 10.1. The Bertz CT molecular complexity index is 415. The number of aromatic nitrogens is 1. The van der Waals surface area contributed by atoms with E-state index in [4.69, 9.17) is 11.6 Å². The van der Waals surface area contributed by atoms with Crippen molar-refractivity contribution in [2.75, 3.05) is 7.11 Å². The van der Waals surface area contributed by atoms with Gasteiger partial charge in [-0.05, 0) is 22.6 Å². The minimum atomic E-state index is -2.72. The SMILES string of the molecule is COC(=O)c1cnc(CCl)c(C(F)F)c1I. The molecule has 0 aliphatic carbocycles. The van der Waals surface area contributed by atoms with Crippen LogP contribution < -0.4 is 0 Å². The Labute approximate surface area is 109 Å². The molecule has 0 atom stereocenters. The number of rotatable bonds is 3. The first-order chi connectivity index (χ1) is 7.52. The first-order valence-electron chi connectivity index (χ1n) is 4.12. The molecule has 1 rings (SSSR count). The minimum absolute atomic E-state index is 0.0206. The number of hydrogen-bond donors (Lipinski definition) is 0. The number of nitrogens with zero attached hydrogens (tertiary/aromatic N) is 1. The van der Waals surface area contributed by atoms with Gasteiger partial charge in [0.25, 0.3) is 6.43 Å². The fraction of sp³-hybridized carbons (Fsp3) is 0.333. The van der Waals surface area contributed by atoms with Gasteiger partial charge in [-0.15, -0.1) is 11.6 Å². The smallest absolute Gasteiger partial charge is 0.340 e. The summed E-state index contributed by atoms with van der Waals surface area (Å²) >= 11 is 7.16. The van der Waals surface area contributed by atoms with Gasteiger partial charge in [-0.25, -0.2) is 13.6 Å². The van der Waals surface area contributed by atoms with E-state index in [9.17, 15) is 13.6 Å². The van der Waals surface area contributed by atoms with Crippen molar-refractivity contribution in [1.82, 2.24) is 4.98 Å². The molecule has 0 bridgehead atoms. The predicted octanol–water partition coefficient (Wildman–Crippen LogP) is 3.15. The molecule has 0 unspecified atom stereocenters. The van der Waals surface area contributed by atoms with Crippen LogP contribution in [0.4, 0.5) is 8.78 Å². The van der Waals surface area contributed by atoms with Gasteiger partial charge in [0.2, 0.25) is 0 Å². The summed E-state index contributed by atoms with van der Waals surface area (Å²) in [6.07, 6.45) is -1.53. The average Bonchev–Trinajstić information content (AvgIpc) is 2.26. The second-order valence-corrected chi connectivity index (χ2v) is 4.12. The van der Waals surface area contributed by atoms with Crippen molar-refractivity contribution >= 4 is 40.2 Å². The van der Waals surface area contributed by atoms with Crippen LogP contribution in [0, 0.1) is 3.57 Å². The molecule has 0 aliphatic heterocycles. The van der Waals surface area contributed by atoms with Crippen LogP contribution in [0.5, 0.6) is 0 Å². The van der Waals surface area contributed by atoms with E-state index >= 15 is 0 Å². The van der Waals surface area contributed by atoms with Crippen LogP contribution in [-0.2, 0) is 10.6 Å². The molecule has 0 amide bonds. The van der Waals surface area contributed by atoms with E-state index < -0.39 is 12.4 Å². The van der Waals surface area contributed by atoms with Crippen molar-refractivity contribution < 1.29 is 18.3 Å². The van der Waals surface area contributed by atoms with Crippen molar-refractivity contribution in [2.24, 2.45) is 0 Å². The maximum Gasteiger partial charge on any atom is 0.340 e. The van der Waals surface area contributed by atoms with Crippen LogP contribution in [0.25, 0.3) is 0 Å². The maximum atomic E-state index is 12.8. The Morgan fingerprint density at radius 2 is 2.31 bits per heavy atom. The Morgan fingerprint density at radius 1 is 1.69 bits per heavy atom. The number of ether oxygens (including phenoxy) is 1. The van der Waals surface area contributed by atoms with Gasteiger partial charge < -0.3 is 4.74 Å². The third kappa shape index (κ3) is 2.60. The standard InChI is InChI=1S/C9H7ClF2INO2/c1-16-9(15)4-3-14-5(2-10)6(7(4)13)8(11)12/h3,8H,2H2,1H3. The summed E-state index contributed by atoms with van der Waals surface area (Å²) in [4.78, 5) is 15.0. The zero-order chi connectivity index (χ0) is 12.3. The quantitative estimate of drug-likeness (QED) is 0.472. The fourth-order valence-electron chi connectivity index (χ4n) is 1.12. The second-order valence-electron chi connectivity index (χ2n) is 2.77. The zero-order valence-corrected chi connectivity index (χ0v) is 11.1. The summed E-state index contributed by atoms with van der Waals surface area (Å²) in [5.41, 5.74) is -0.209. The number of esters is 1. The van der Waals surface area contributed by atoms with Crippen LogP contribution in [0.15, 0.2) is 6.20 Å². The van der Waals surface area contributed by atoms with Crippen LogP contribution in [-0.4, -0.2) is 18.1 Å². The molecule has 0 aliphatic rings. The maximum absolute atomic E-state index is 12.8. The summed E-state index contributed by atoms with van der Waals surface area (Å²) in [5.74, 6) is -0.822. The number of pyridine rings is 1. The lowest BCUT2D eigenvalue weighted by molar-refractivity contribution is 0.0598. The van der Waals surface area contributed by atoms with E-state index in [1.54, 1.807) is 22.6 Å². The molecule has 0 radical (unpaired) electrons. The normalized spacial score (nSPS) is 10.6. The van der Waals surface area contributed by atoms with Crippen molar-refractivity contribution in [2.45, 2.75) is 12.3 Å². The summed E-state index contributed by atoms with van der Waals surface area (Å²) < 4.78 is 30.1. The molecule has 7 heteroatoms. The number of carbonyl (C=O) groups excluding carboxylic acids is 1. The summed E-state index contributed by atoms with van der Waals surface area (Å²) in [6, 6.07) is 0. The van der Waals surface area contributed by atoms with Gasteiger partial charge >= 0.3 is 5.97 Å². The number of halogens is 4. The van der Waals surface area contributed by atoms with Crippen LogP contribution in [0.3, 0.4) is 0 Å². The highest BCUT2D eigenvalue weighted by Gasteiger charge is 2.23. The molecule has 1 aromatic heterocycles. The van der Waals surface area contributed by atoms with E-state index in [-0.39, 0.29) is 26.3 Å². The number of methoxy groups -OCH3 is 1. The molecule has 1 aromatic rings. The number of hydrogen-bond acceptors (Lipinski definition) is 3. The topological polar surface area (TPSA) is 39.2 Å². The molecule has 3 nitrogen and oxygen atoms in total. The molecule has 0 saturated carbocycles. The molecule has 0 fully saturated rings. The molecule has 0 saturated heterocycles. The average molecular weight is 362 g/mol. The van der Waals surface area contributed by atoms with Crippen LogP contribution >= 0.6 is 34.2 Å². The molecule has 0 aromatic carbocycles. The van der Waals surface area contributed by atoms with E-state index in [0.717, 1.165) is 0 Å². The van der Waals surface area contributed by atoms with E-state index in [1.165, 1.54) is 13.3 Å². The van der Waals surface area contributed by atoms with Crippen LogP contribution in [0.1, 0.15) is 28.0 Å². The summed E-state index contributed by atoms with van der Waals surface area (Å²) in [7, 11) is 1.18. The Morgan fingerprint density at radius 3 is 2.75 bits per heavy atom. The molecule has 1 heterocycles. The Hall–Kier alpha value is -0.500.